The van der Waals surface area contributed by atoms with Crippen molar-refractivity contribution in [2.24, 2.45) is 0 Å². The molecular formula is C36H45NO7S. The fraction of sp³-hybridized carbons (Fsp3) is 0.417. The molecule has 0 heterocycles. The largest absolute Gasteiger partial charge is 0.494 e. The Morgan fingerprint density at radius 1 is 0.844 bits per heavy atom. The number of amides is 1. The number of unbranched alkanes of at least 4 members (excludes halogenated alkanes) is 2. The normalized spacial score (nSPS) is 12.7. The molecular weight excluding hydrogens is 590 g/mol. The smallest absolute Gasteiger partial charge is 0.407 e. The number of fused-ring (bicyclic) bond motifs is 3. The highest BCUT2D eigenvalue weighted by molar-refractivity contribution is 7.59. The Morgan fingerprint density at radius 2 is 1.47 bits per heavy atom. The first kappa shape index (κ1) is 35.5. The van der Waals surface area contributed by atoms with E-state index in [1.807, 2.05) is 81.4 Å². The Kier molecular flexibility index (Phi) is 13.3. The monoisotopic (exact) mass is 635 g/mol. The Labute approximate surface area is 272 Å². The molecule has 1 aliphatic carbocycles. The Balaban J connectivity index is 0.00000552. The van der Waals surface area contributed by atoms with E-state index in [0.717, 1.165) is 52.8 Å². The van der Waals surface area contributed by atoms with E-state index in [1.54, 1.807) is 0 Å². The van der Waals surface area contributed by atoms with Crippen molar-refractivity contribution >= 4 is 31.5 Å². The third-order valence-electron chi connectivity index (χ3n) is 7.53. The minimum Gasteiger partial charge on any atom is -0.494 e. The summed E-state index contributed by atoms with van der Waals surface area (Å²) in [5.74, 6) is -0.584. The molecule has 0 spiro atoms. The molecule has 3 aromatic rings. The van der Waals surface area contributed by atoms with Gasteiger partial charge < -0.3 is 24.6 Å². The first-order chi connectivity index (χ1) is 21.1. The van der Waals surface area contributed by atoms with Crippen LogP contribution in [0.25, 0.3) is 11.1 Å². The molecule has 3 aromatic carbocycles. The molecule has 4 rings (SSSR count). The Hall–Kier alpha value is -3.98. The number of esters is 1. The molecule has 0 fully saturated rings. The SMILES string of the molecule is CC(C)(C)OC(=O)CCCCCOc1ccc(CCC[C@H](NC(=O)OCC2c3ccccc3-c3ccccc32)C(=O)O)cc1.S. The van der Waals surface area contributed by atoms with Gasteiger partial charge in [0.2, 0.25) is 0 Å². The van der Waals surface area contributed by atoms with Gasteiger partial charge in [-0.25, -0.2) is 9.59 Å². The highest BCUT2D eigenvalue weighted by Gasteiger charge is 2.29. The molecule has 1 amide bonds. The number of aliphatic carboxylic acids is 1. The summed E-state index contributed by atoms with van der Waals surface area (Å²) in [6, 6.07) is 22.8. The molecule has 9 heteroatoms. The number of aryl methyl sites for hydroxylation is 1. The van der Waals surface area contributed by atoms with Crippen LogP contribution in [0.4, 0.5) is 4.79 Å². The lowest BCUT2D eigenvalue weighted by Gasteiger charge is -2.19. The van der Waals surface area contributed by atoms with Crippen molar-refractivity contribution in [1.82, 2.24) is 5.32 Å². The summed E-state index contributed by atoms with van der Waals surface area (Å²) in [5.41, 5.74) is 5.07. The summed E-state index contributed by atoms with van der Waals surface area (Å²) >= 11 is 0. The van der Waals surface area contributed by atoms with Crippen LogP contribution < -0.4 is 10.1 Å². The van der Waals surface area contributed by atoms with Gasteiger partial charge in [0.25, 0.3) is 0 Å². The predicted octanol–water partition coefficient (Wildman–Crippen LogP) is 7.39. The molecule has 45 heavy (non-hydrogen) atoms. The molecule has 0 saturated heterocycles. The third-order valence-corrected chi connectivity index (χ3v) is 7.53. The van der Waals surface area contributed by atoms with Gasteiger partial charge in [-0.2, -0.15) is 13.5 Å². The number of nitrogens with one attached hydrogen (secondary N) is 1. The van der Waals surface area contributed by atoms with Crippen molar-refractivity contribution in [2.75, 3.05) is 13.2 Å². The van der Waals surface area contributed by atoms with Crippen LogP contribution in [-0.4, -0.2) is 48.0 Å². The van der Waals surface area contributed by atoms with E-state index in [-0.39, 0.29) is 38.4 Å². The number of carbonyl (C=O) groups excluding carboxylic acids is 2. The van der Waals surface area contributed by atoms with E-state index in [0.29, 0.717) is 25.9 Å². The minimum atomic E-state index is -1.09. The highest BCUT2D eigenvalue weighted by Crippen LogP contribution is 2.44. The molecule has 0 bridgehead atoms. The number of hydrogen-bond acceptors (Lipinski definition) is 6. The average molecular weight is 636 g/mol. The second kappa shape index (κ2) is 16.9. The van der Waals surface area contributed by atoms with Gasteiger partial charge in [-0.1, -0.05) is 60.7 Å². The van der Waals surface area contributed by atoms with Crippen molar-refractivity contribution in [3.63, 3.8) is 0 Å². The van der Waals surface area contributed by atoms with Crippen LogP contribution in [0.5, 0.6) is 5.75 Å². The van der Waals surface area contributed by atoms with Gasteiger partial charge in [-0.3, -0.25) is 4.79 Å². The van der Waals surface area contributed by atoms with Crippen molar-refractivity contribution in [3.8, 4) is 16.9 Å². The number of rotatable bonds is 15. The summed E-state index contributed by atoms with van der Waals surface area (Å²) in [5, 5.41) is 12.2. The number of carboxylic acid groups (broad SMARTS) is 1. The lowest BCUT2D eigenvalue weighted by Crippen LogP contribution is -2.41. The van der Waals surface area contributed by atoms with E-state index in [4.69, 9.17) is 14.2 Å². The zero-order valence-electron chi connectivity index (χ0n) is 26.3. The predicted molar refractivity (Wildman–Crippen MR) is 179 cm³/mol. The maximum Gasteiger partial charge on any atom is 0.407 e. The quantitative estimate of drug-likeness (QED) is 0.132. The number of carboxylic acids is 1. The fourth-order valence-corrected chi connectivity index (χ4v) is 5.43. The van der Waals surface area contributed by atoms with Crippen molar-refractivity contribution in [1.29, 1.82) is 0 Å². The first-order valence-corrected chi connectivity index (χ1v) is 15.4. The Bertz CT molecular complexity index is 1370. The van der Waals surface area contributed by atoms with E-state index >= 15 is 0 Å². The molecule has 0 unspecified atom stereocenters. The van der Waals surface area contributed by atoms with Crippen LogP contribution in [-0.2, 0) is 25.5 Å². The van der Waals surface area contributed by atoms with Gasteiger partial charge in [0.05, 0.1) is 6.61 Å². The number of ether oxygens (including phenoxy) is 3. The molecule has 0 saturated carbocycles. The van der Waals surface area contributed by atoms with E-state index in [1.165, 1.54) is 0 Å². The number of carbonyl (C=O) groups is 3. The van der Waals surface area contributed by atoms with Crippen LogP contribution in [0, 0.1) is 0 Å². The molecule has 242 valence electrons. The van der Waals surface area contributed by atoms with Gasteiger partial charge in [0.15, 0.2) is 0 Å². The van der Waals surface area contributed by atoms with E-state index < -0.39 is 23.7 Å². The van der Waals surface area contributed by atoms with E-state index in [2.05, 4.69) is 17.4 Å². The summed E-state index contributed by atoms with van der Waals surface area (Å²) in [7, 11) is 0. The van der Waals surface area contributed by atoms with Crippen LogP contribution in [0.2, 0.25) is 0 Å². The minimum absolute atomic E-state index is 0. The summed E-state index contributed by atoms with van der Waals surface area (Å²) in [6.45, 7) is 6.29. The fourth-order valence-electron chi connectivity index (χ4n) is 5.43. The maximum atomic E-state index is 12.6. The van der Waals surface area contributed by atoms with E-state index in [9.17, 15) is 19.5 Å². The van der Waals surface area contributed by atoms with Gasteiger partial charge in [0.1, 0.15) is 24.0 Å². The zero-order chi connectivity index (χ0) is 31.5. The highest BCUT2D eigenvalue weighted by atomic mass is 32.1. The third kappa shape index (κ3) is 10.8. The molecule has 0 aromatic heterocycles. The molecule has 1 atom stereocenters. The molecule has 8 nitrogen and oxygen atoms in total. The summed E-state index contributed by atoms with van der Waals surface area (Å²) < 4.78 is 16.7. The summed E-state index contributed by atoms with van der Waals surface area (Å²) in [6.07, 6.45) is 3.70. The van der Waals surface area contributed by atoms with Crippen molar-refractivity contribution in [2.45, 2.75) is 83.3 Å². The lowest BCUT2D eigenvalue weighted by molar-refractivity contribution is -0.155. The van der Waals surface area contributed by atoms with Gasteiger partial charge >= 0.3 is 18.0 Å². The zero-order valence-corrected chi connectivity index (χ0v) is 27.3. The van der Waals surface area contributed by atoms with Gasteiger partial charge in [-0.05, 0) is 99.2 Å². The molecule has 2 N–H and O–H groups in total. The van der Waals surface area contributed by atoms with Crippen molar-refractivity contribution < 1.29 is 33.7 Å². The van der Waals surface area contributed by atoms with Gasteiger partial charge in [0, 0.05) is 12.3 Å². The standard InChI is InChI=1S/C36H43NO7.H2S/c1-36(2,3)44-33(38)18-5-4-10-23-42-26-21-19-25(20-22-26)12-11-17-32(34(39)40)37-35(41)43-24-31-29-15-8-6-13-27(29)28-14-7-9-16-30(28)31;/h6-9,13-16,19-22,31-32H,4-5,10-12,17-18,23-24H2,1-3H3,(H,37,41)(H,39,40);1H2/t32-;/m0./s1. The van der Waals surface area contributed by atoms with Crippen LogP contribution in [0.15, 0.2) is 72.8 Å². The number of hydrogen-bond donors (Lipinski definition) is 2. The van der Waals surface area contributed by atoms with Crippen molar-refractivity contribution in [3.05, 3.63) is 89.5 Å². The second-order valence-electron chi connectivity index (χ2n) is 12.1. The summed E-state index contributed by atoms with van der Waals surface area (Å²) in [4.78, 5) is 36.2. The second-order valence-corrected chi connectivity index (χ2v) is 12.1. The average Bonchev–Trinajstić information content (AvgIpc) is 3.30. The molecule has 0 radical (unpaired) electrons. The first-order valence-electron chi connectivity index (χ1n) is 15.4. The number of benzene rings is 3. The topological polar surface area (TPSA) is 111 Å². The van der Waals surface area contributed by atoms with Crippen LogP contribution in [0.3, 0.4) is 0 Å². The Morgan fingerprint density at radius 3 is 2.07 bits per heavy atom. The number of alkyl carbamates (subject to hydrolysis) is 1. The maximum absolute atomic E-state index is 12.6. The van der Waals surface area contributed by atoms with Crippen LogP contribution >= 0.6 is 13.5 Å². The van der Waals surface area contributed by atoms with Gasteiger partial charge in [-0.15, -0.1) is 0 Å². The molecule has 1 aliphatic rings. The van der Waals surface area contributed by atoms with Crippen LogP contribution in [0.1, 0.15) is 81.9 Å². The lowest BCUT2D eigenvalue weighted by atomic mass is 9.98. The molecule has 0 aliphatic heterocycles.